The third-order valence-electron chi connectivity index (χ3n) is 5.52. The Labute approximate surface area is 123 Å². The molecule has 0 aromatic carbocycles. The normalized spacial score (nSPS) is 32.5. The zero-order valence-corrected chi connectivity index (χ0v) is 13.2. The maximum atomic E-state index is 10.7. The smallest absolute Gasteiger partial charge is 0.303 e. The molecule has 1 aliphatic carbocycles. The first-order chi connectivity index (χ1) is 9.56. The van der Waals surface area contributed by atoms with Crippen LogP contribution in [0.4, 0.5) is 0 Å². The third kappa shape index (κ3) is 4.47. The maximum absolute atomic E-state index is 10.7. The molecule has 1 saturated heterocycles. The van der Waals surface area contributed by atoms with Crippen molar-refractivity contribution in [2.24, 2.45) is 17.8 Å². The van der Waals surface area contributed by atoms with Crippen LogP contribution in [-0.4, -0.2) is 35.1 Å². The zero-order chi connectivity index (χ0) is 14.5. The van der Waals surface area contributed by atoms with E-state index < -0.39 is 5.97 Å². The number of piperidine rings is 1. The summed E-state index contributed by atoms with van der Waals surface area (Å²) in [5.41, 5.74) is 0. The molecule has 1 aliphatic heterocycles. The summed E-state index contributed by atoms with van der Waals surface area (Å²) in [6.07, 6.45) is 9.19. The van der Waals surface area contributed by atoms with Gasteiger partial charge in [-0.1, -0.05) is 13.8 Å². The second-order valence-corrected chi connectivity index (χ2v) is 7.25. The first-order valence-corrected chi connectivity index (χ1v) is 8.52. The molecule has 20 heavy (non-hydrogen) atoms. The van der Waals surface area contributed by atoms with E-state index in [1.165, 1.54) is 45.1 Å². The number of nitrogens with zero attached hydrogens (tertiary/aromatic N) is 1. The second kappa shape index (κ2) is 7.44. The Balaban J connectivity index is 1.76. The molecule has 1 heterocycles. The highest BCUT2D eigenvalue weighted by molar-refractivity contribution is 5.66. The van der Waals surface area contributed by atoms with Gasteiger partial charge in [0, 0.05) is 19.0 Å². The number of aliphatic carboxylic acids is 1. The van der Waals surface area contributed by atoms with Crippen molar-refractivity contribution in [3.05, 3.63) is 0 Å². The minimum Gasteiger partial charge on any atom is -0.481 e. The van der Waals surface area contributed by atoms with E-state index in [4.69, 9.17) is 5.11 Å². The molecule has 1 atom stereocenters. The van der Waals surface area contributed by atoms with E-state index in [0.29, 0.717) is 12.3 Å². The van der Waals surface area contributed by atoms with Crippen LogP contribution in [0.25, 0.3) is 0 Å². The van der Waals surface area contributed by atoms with Gasteiger partial charge in [0.15, 0.2) is 0 Å². The highest BCUT2D eigenvalue weighted by Crippen LogP contribution is 2.34. The highest BCUT2D eigenvalue weighted by atomic mass is 16.4. The SMILES string of the molecule is CC(C)C1CCC(N2CCCC(CCC(=O)O)C2)CC1. The molecular formula is C17H31NO2. The lowest BCUT2D eigenvalue weighted by Gasteiger charge is -2.42. The lowest BCUT2D eigenvalue weighted by molar-refractivity contribution is -0.137. The number of carbonyl (C=O) groups is 1. The number of carboxylic acids is 1. The van der Waals surface area contributed by atoms with Crippen molar-refractivity contribution >= 4 is 5.97 Å². The van der Waals surface area contributed by atoms with E-state index in [1.54, 1.807) is 0 Å². The molecule has 1 unspecified atom stereocenters. The fourth-order valence-corrected chi connectivity index (χ4v) is 4.13. The van der Waals surface area contributed by atoms with Gasteiger partial charge in [-0.05, 0) is 69.2 Å². The second-order valence-electron chi connectivity index (χ2n) is 7.25. The minimum atomic E-state index is -0.639. The first-order valence-electron chi connectivity index (χ1n) is 8.52. The Kier molecular flexibility index (Phi) is 5.88. The topological polar surface area (TPSA) is 40.5 Å². The molecule has 0 radical (unpaired) electrons. The van der Waals surface area contributed by atoms with Crippen molar-refractivity contribution in [3.8, 4) is 0 Å². The number of rotatable bonds is 5. The quantitative estimate of drug-likeness (QED) is 0.833. The van der Waals surface area contributed by atoms with Gasteiger partial charge in [0.25, 0.3) is 0 Å². The summed E-state index contributed by atoms with van der Waals surface area (Å²) in [5.74, 6) is 1.74. The predicted molar refractivity (Wildman–Crippen MR) is 81.8 cm³/mol. The Hall–Kier alpha value is -0.570. The lowest BCUT2D eigenvalue weighted by atomic mass is 9.78. The summed E-state index contributed by atoms with van der Waals surface area (Å²) in [5, 5.41) is 8.83. The molecule has 0 amide bonds. The van der Waals surface area contributed by atoms with E-state index in [2.05, 4.69) is 18.7 Å². The van der Waals surface area contributed by atoms with E-state index in [9.17, 15) is 4.79 Å². The average molecular weight is 281 g/mol. The zero-order valence-electron chi connectivity index (χ0n) is 13.2. The maximum Gasteiger partial charge on any atom is 0.303 e. The standard InChI is InChI=1S/C17H31NO2/c1-13(2)15-6-8-16(9-7-15)18-11-3-4-14(12-18)5-10-17(19)20/h13-16H,3-12H2,1-2H3,(H,19,20). The van der Waals surface area contributed by atoms with Gasteiger partial charge in [-0.3, -0.25) is 4.79 Å². The number of carboxylic acid groups (broad SMARTS) is 1. The molecule has 0 aromatic heterocycles. The van der Waals surface area contributed by atoms with E-state index in [-0.39, 0.29) is 0 Å². The molecular weight excluding hydrogens is 250 g/mol. The van der Waals surface area contributed by atoms with Crippen LogP contribution in [0.2, 0.25) is 0 Å². The molecule has 3 nitrogen and oxygen atoms in total. The molecule has 0 bridgehead atoms. The summed E-state index contributed by atoms with van der Waals surface area (Å²) >= 11 is 0. The molecule has 3 heteroatoms. The van der Waals surface area contributed by atoms with Crippen LogP contribution in [0.1, 0.15) is 65.2 Å². The highest BCUT2D eigenvalue weighted by Gasteiger charge is 2.30. The van der Waals surface area contributed by atoms with Crippen LogP contribution in [0.15, 0.2) is 0 Å². The van der Waals surface area contributed by atoms with E-state index in [1.807, 2.05) is 0 Å². The van der Waals surface area contributed by atoms with Crippen LogP contribution in [0, 0.1) is 17.8 Å². The molecule has 2 aliphatic rings. The number of likely N-dealkylation sites (tertiary alicyclic amines) is 1. The number of hydrogen-bond donors (Lipinski definition) is 1. The molecule has 0 aromatic rings. The van der Waals surface area contributed by atoms with Crippen molar-refractivity contribution in [1.82, 2.24) is 4.90 Å². The van der Waals surface area contributed by atoms with Gasteiger partial charge in [-0.25, -0.2) is 0 Å². The van der Waals surface area contributed by atoms with Gasteiger partial charge in [-0.15, -0.1) is 0 Å². The van der Waals surface area contributed by atoms with Gasteiger partial charge >= 0.3 is 5.97 Å². The Morgan fingerprint density at radius 1 is 1.20 bits per heavy atom. The van der Waals surface area contributed by atoms with Gasteiger partial charge < -0.3 is 10.0 Å². The third-order valence-corrected chi connectivity index (χ3v) is 5.52. The van der Waals surface area contributed by atoms with Gasteiger partial charge in [0.2, 0.25) is 0 Å². The summed E-state index contributed by atoms with van der Waals surface area (Å²) in [6, 6.07) is 0.776. The van der Waals surface area contributed by atoms with Gasteiger partial charge in [-0.2, -0.15) is 0 Å². The van der Waals surface area contributed by atoms with Crippen molar-refractivity contribution in [2.45, 2.75) is 71.3 Å². The summed E-state index contributed by atoms with van der Waals surface area (Å²) in [6.45, 7) is 7.09. The van der Waals surface area contributed by atoms with Crippen molar-refractivity contribution in [3.63, 3.8) is 0 Å². The number of hydrogen-bond acceptors (Lipinski definition) is 2. The summed E-state index contributed by atoms with van der Waals surface area (Å²) < 4.78 is 0. The largest absolute Gasteiger partial charge is 0.481 e. The van der Waals surface area contributed by atoms with Crippen LogP contribution in [-0.2, 0) is 4.79 Å². The van der Waals surface area contributed by atoms with Crippen molar-refractivity contribution < 1.29 is 9.90 Å². The Morgan fingerprint density at radius 2 is 1.90 bits per heavy atom. The molecule has 1 saturated carbocycles. The Morgan fingerprint density at radius 3 is 2.50 bits per heavy atom. The van der Waals surface area contributed by atoms with Crippen molar-refractivity contribution in [2.75, 3.05) is 13.1 Å². The Bertz CT molecular complexity index is 308. The van der Waals surface area contributed by atoms with Gasteiger partial charge in [0.05, 0.1) is 0 Å². The predicted octanol–water partition coefficient (Wildman–Crippen LogP) is 3.78. The minimum absolute atomic E-state index is 0.346. The van der Waals surface area contributed by atoms with Crippen LogP contribution in [0.3, 0.4) is 0 Å². The van der Waals surface area contributed by atoms with Crippen molar-refractivity contribution in [1.29, 1.82) is 0 Å². The average Bonchev–Trinajstić information content (AvgIpc) is 2.45. The lowest BCUT2D eigenvalue weighted by Crippen LogP contribution is -2.44. The van der Waals surface area contributed by atoms with Crippen LogP contribution < -0.4 is 0 Å². The molecule has 1 N–H and O–H groups in total. The monoisotopic (exact) mass is 281 g/mol. The molecule has 116 valence electrons. The summed E-state index contributed by atoms with van der Waals surface area (Å²) in [4.78, 5) is 13.4. The fourth-order valence-electron chi connectivity index (χ4n) is 4.13. The van der Waals surface area contributed by atoms with E-state index >= 15 is 0 Å². The van der Waals surface area contributed by atoms with Crippen LogP contribution >= 0.6 is 0 Å². The van der Waals surface area contributed by atoms with Gasteiger partial charge in [0.1, 0.15) is 0 Å². The molecule has 2 fully saturated rings. The molecule has 0 spiro atoms. The first kappa shape index (κ1) is 15.8. The molecule has 2 rings (SSSR count). The fraction of sp³-hybridized carbons (Fsp3) is 0.941. The summed E-state index contributed by atoms with van der Waals surface area (Å²) in [7, 11) is 0. The van der Waals surface area contributed by atoms with Crippen LogP contribution in [0.5, 0.6) is 0 Å². The van der Waals surface area contributed by atoms with E-state index in [0.717, 1.165) is 30.8 Å².